The zero-order valence-electron chi connectivity index (χ0n) is 21.0. The van der Waals surface area contributed by atoms with Gasteiger partial charge in [-0.3, -0.25) is 14.6 Å². The number of nitrogens with one attached hydrogen (secondary N) is 1. The van der Waals surface area contributed by atoms with Crippen LogP contribution in [0.4, 0.5) is 9.18 Å². The molecule has 1 fully saturated rings. The van der Waals surface area contributed by atoms with Gasteiger partial charge in [0.15, 0.2) is 0 Å². The van der Waals surface area contributed by atoms with Crippen molar-refractivity contribution in [3.05, 3.63) is 81.8 Å². The molecular formula is C27H30ClFN4O4. The molecule has 10 heteroatoms. The number of amides is 3. The van der Waals surface area contributed by atoms with Crippen LogP contribution in [0.15, 0.2) is 59.8 Å². The Kier molecular flexibility index (Phi) is 8.14. The minimum Gasteiger partial charge on any atom is -0.463 e. The minimum absolute atomic E-state index is 0.161. The van der Waals surface area contributed by atoms with E-state index in [0.29, 0.717) is 53.6 Å². The molecule has 3 amide bonds. The smallest absolute Gasteiger partial charge is 0.338 e. The summed E-state index contributed by atoms with van der Waals surface area (Å²) in [4.78, 5) is 44.3. The topological polar surface area (TPSA) is 82.2 Å². The third-order valence-corrected chi connectivity index (χ3v) is 6.94. The van der Waals surface area contributed by atoms with E-state index in [1.165, 1.54) is 23.1 Å². The lowest BCUT2D eigenvalue weighted by Gasteiger charge is -2.42. The number of halogens is 2. The highest BCUT2D eigenvalue weighted by molar-refractivity contribution is 6.30. The molecule has 0 bridgehead atoms. The van der Waals surface area contributed by atoms with E-state index in [0.717, 1.165) is 0 Å². The second kappa shape index (κ2) is 11.3. The van der Waals surface area contributed by atoms with Gasteiger partial charge in [0.25, 0.3) is 5.91 Å². The third-order valence-electron chi connectivity index (χ3n) is 6.69. The van der Waals surface area contributed by atoms with Gasteiger partial charge in [-0.2, -0.15) is 0 Å². The predicted molar refractivity (Wildman–Crippen MR) is 137 cm³/mol. The number of piperazine rings is 1. The van der Waals surface area contributed by atoms with E-state index in [-0.39, 0.29) is 24.6 Å². The normalized spacial score (nSPS) is 20.6. The fourth-order valence-corrected chi connectivity index (χ4v) is 4.91. The molecule has 0 aromatic heterocycles. The first-order valence-corrected chi connectivity index (χ1v) is 12.6. The summed E-state index contributed by atoms with van der Waals surface area (Å²) >= 11 is 6.05. The number of urea groups is 1. The van der Waals surface area contributed by atoms with Gasteiger partial charge >= 0.3 is 12.0 Å². The number of rotatable bonds is 6. The molecule has 8 nitrogen and oxygen atoms in total. The molecule has 2 heterocycles. The van der Waals surface area contributed by atoms with E-state index in [2.05, 4.69) is 10.2 Å². The summed E-state index contributed by atoms with van der Waals surface area (Å²) in [7, 11) is 1.62. The first kappa shape index (κ1) is 26.6. The fourth-order valence-electron chi connectivity index (χ4n) is 4.78. The maximum absolute atomic E-state index is 13.6. The van der Waals surface area contributed by atoms with Crippen molar-refractivity contribution in [3.63, 3.8) is 0 Å². The average molecular weight is 529 g/mol. The highest BCUT2D eigenvalue weighted by atomic mass is 35.5. The molecule has 0 spiro atoms. The van der Waals surface area contributed by atoms with Gasteiger partial charge in [0.2, 0.25) is 0 Å². The maximum atomic E-state index is 13.6. The molecule has 1 N–H and O–H groups in total. The van der Waals surface area contributed by atoms with Crippen molar-refractivity contribution >= 4 is 29.5 Å². The summed E-state index contributed by atoms with van der Waals surface area (Å²) in [6.07, 6.45) is 0. The Morgan fingerprint density at radius 2 is 1.89 bits per heavy atom. The Bertz CT molecular complexity index is 1220. The quantitative estimate of drug-likeness (QED) is 0.576. The first-order chi connectivity index (χ1) is 17.7. The van der Waals surface area contributed by atoms with E-state index in [1.54, 1.807) is 49.2 Å². The highest BCUT2D eigenvalue weighted by Gasteiger charge is 2.38. The number of carbonyl (C=O) groups is 3. The summed E-state index contributed by atoms with van der Waals surface area (Å²) in [5.74, 6) is -1.18. The van der Waals surface area contributed by atoms with Gasteiger partial charge in [-0.1, -0.05) is 29.8 Å². The average Bonchev–Trinajstić information content (AvgIpc) is 2.87. The number of benzene rings is 2. The largest absolute Gasteiger partial charge is 0.463 e. The summed E-state index contributed by atoms with van der Waals surface area (Å²) in [6, 6.07) is 11.4. The van der Waals surface area contributed by atoms with Crippen molar-refractivity contribution in [1.82, 2.24) is 20.0 Å². The lowest BCUT2D eigenvalue weighted by Crippen LogP contribution is -2.56. The molecule has 2 aliphatic rings. The van der Waals surface area contributed by atoms with Gasteiger partial charge in [-0.25, -0.2) is 14.0 Å². The van der Waals surface area contributed by atoms with Gasteiger partial charge in [-0.15, -0.1) is 0 Å². The summed E-state index contributed by atoms with van der Waals surface area (Å²) in [6.45, 7) is 5.63. The molecule has 0 radical (unpaired) electrons. The molecule has 2 aromatic carbocycles. The Hall–Kier alpha value is -3.43. The number of carbonyl (C=O) groups excluding carboxylic acids is 3. The summed E-state index contributed by atoms with van der Waals surface area (Å²) in [5, 5.41) is 3.44. The SMILES string of the molecule is CCOC(=O)C1=C(CN2CCN(C(=O)c3cccc(F)c3)[C@H](C)C2)N(C)C(=O)N[C@H]1c1ccc(Cl)cc1. The van der Waals surface area contributed by atoms with Gasteiger partial charge in [0.05, 0.1) is 18.2 Å². The number of hydrogen-bond acceptors (Lipinski definition) is 5. The van der Waals surface area contributed by atoms with Crippen LogP contribution in [-0.4, -0.2) is 78.5 Å². The Balaban J connectivity index is 1.59. The van der Waals surface area contributed by atoms with Crippen molar-refractivity contribution < 1.29 is 23.5 Å². The molecule has 2 atom stereocenters. The fraction of sp³-hybridized carbons (Fsp3) is 0.370. The molecule has 2 aromatic rings. The van der Waals surface area contributed by atoms with Crippen molar-refractivity contribution in [2.45, 2.75) is 25.9 Å². The van der Waals surface area contributed by atoms with Crippen LogP contribution in [0.2, 0.25) is 5.02 Å². The third kappa shape index (κ3) is 5.78. The van der Waals surface area contributed by atoms with E-state index < -0.39 is 17.8 Å². The molecule has 196 valence electrons. The van der Waals surface area contributed by atoms with Crippen LogP contribution in [0, 0.1) is 5.82 Å². The predicted octanol–water partition coefficient (Wildman–Crippen LogP) is 3.84. The van der Waals surface area contributed by atoms with Crippen molar-refractivity contribution in [2.24, 2.45) is 0 Å². The lowest BCUT2D eigenvalue weighted by atomic mass is 9.94. The number of esters is 1. The van der Waals surface area contributed by atoms with E-state index in [9.17, 15) is 18.8 Å². The number of likely N-dealkylation sites (N-methyl/N-ethyl adjacent to an activating group) is 1. The Morgan fingerprint density at radius 1 is 1.16 bits per heavy atom. The standard InChI is InChI=1S/C27H30ClFN4O4/c1-4-37-26(35)23-22(31(3)27(36)30-24(23)18-8-10-20(28)11-9-18)16-32-12-13-33(17(2)15-32)25(34)19-6-5-7-21(29)14-19/h5-11,14,17,24H,4,12-13,15-16H2,1-3H3,(H,30,36)/t17-,24+/m1/s1. The molecule has 4 rings (SSSR count). The molecule has 0 saturated carbocycles. The zero-order valence-corrected chi connectivity index (χ0v) is 21.8. The van der Waals surface area contributed by atoms with Crippen LogP contribution in [0.25, 0.3) is 0 Å². The molecule has 0 aliphatic carbocycles. The Labute approximate surface area is 220 Å². The van der Waals surface area contributed by atoms with Crippen molar-refractivity contribution in [2.75, 3.05) is 39.8 Å². The monoisotopic (exact) mass is 528 g/mol. The minimum atomic E-state index is -0.691. The van der Waals surface area contributed by atoms with Gasteiger partial charge < -0.3 is 15.0 Å². The molecular weight excluding hydrogens is 499 g/mol. The molecule has 2 aliphatic heterocycles. The summed E-state index contributed by atoms with van der Waals surface area (Å²) in [5.41, 5.74) is 1.92. The number of hydrogen-bond donors (Lipinski definition) is 1. The maximum Gasteiger partial charge on any atom is 0.338 e. The number of nitrogens with zero attached hydrogens (tertiary/aromatic N) is 3. The van der Waals surface area contributed by atoms with Crippen molar-refractivity contribution in [1.29, 1.82) is 0 Å². The molecule has 0 unspecified atom stereocenters. The lowest BCUT2D eigenvalue weighted by molar-refractivity contribution is -0.139. The molecule has 1 saturated heterocycles. The van der Waals surface area contributed by atoms with Gasteiger partial charge in [0.1, 0.15) is 5.82 Å². The van der Waals surface area contributed by atoms with Crippen molar-refractivity contribution in [3.8, 4) is 0 Å². The van der Waals surface area contributed by atoms with Gasteiger partial charge in [0, 0.05) is 55.6 Å². The van der Waals surface area contributed by atoms with E-state index in [4.69, 9.17) is 16.3 Å². The second-order valence-corrected chi connectivity index (χ2v) is 9.60. The van der Waals surface area contributed by atoms with Crippen LogP contribution < -0.4 is 5.32 Å². The first-order valence-electron chi connectivity index (χ1n) is 12.2. The summed E-state index contributed by atoms with van der Waals surface area (Å²) < 4.78 is 19.0. The highest BCUT2D eigenvalue weighted by Crippen LogP contribution is 2.32. The Morgan fingerprint density at radius 3 is 2.54 bits per heavy atom. The van der Waals surface area contributed by atoms with Gasteiger partial charge in [-0.05, 0) is 49.7 Å². The van der Waals surface area contributed by atoms with E-state index >= 15 is 0 Å². The van der Waals surface area contributed by atoms with Crippen LogP contribution in [0.3, 0.4) is 0 Å². The van der Waals surface area contributed by atoms with Crippen LogP contribution >= 0.6 is 11.6 Å². The second-order valence-electron chi connectivity index (χ2n) is 9.17. The van der Waals surface area contributed by atoms with Crippen LogP contribution in [0.1, 0.15) is 35.8 Å². The molecule has 37 heavy (non-hydrogen) atoms. The number of ether oxygens (including phenoxy) is 1. The van der Waals surface area contributed by atoms with E-state index in [1.807, 2.05) is 6.92 Å². The zero-order chi connectivity index (χ0) is 26.7. The van der Waals surface area contributed by atoms with Crippen LogP contribution in [-0.2, 0) is 9.53 Å². The van der Waals surface area contributed by atoms with Crippen LogP contribution in [0.5, 0.6) is 0 Å².